The molecule has 0 aliphatic carbocycles. The van der Waals surface area contributed by atoms with Crippen LogP contribution < -0.4 is 0 Å². The molecule has 1 fully saturated rings. The second-order valence-corrected chi connectivity index (χ2v) is 0.846. The summed E-state index contributed by atoms with van der Waals surface area (Å²) in [5.41, 5.74) is 0. The Labute approximate surface area is 69.0 Å². The fourth-order valence-electron chi connectivity index (χ4n) is 0.238. The summed E-state index contributed by atoms with van der Waals surface area (Å²) in [5, 5.41) is 0. The average molecular weight is 226 g/mol. The molecule has 1 heterocycles. The maximum atomic E-state index is 9.77. The quantitative estimate of drug-likeness (QED) is 0.440. The van der Waals surface area contributed by atoms with Crippen molar-refractivity contribution in [2.24, 2.45) is 0 Å². The SMILES string of the molecule is O=C1O[CH-]CO1.[La]. The zero-order valence-corrected chi connectivity index (χ0v) is 7.21. The van der Waals surface area contributed by atoms with Gasteiger partial charge in [-0.3, -0.25) is 0 Å². The van der Waals surface area contributed by atoms with Crippen LogP contribution in [0.2, 0.25) is 0 Å². The van der Waals surface area contributed by atoms with Gasteiger partial charge in [-0.2, -0.15) is 0 Å². The molecule has 1 saturated heterocycles. The van der Waals surface area contributed by atoms with E-state index in [0.717, 1.165) is 0 Å². The molecule has 3 nitrogen and oxygen atoms in total. The first kappa shape index (κ1) is 7.46. The summed E-state index contributed by atoms with van der Waals surface area (Å²) >= 11 is 0. The zero-order chi connectivity index (χ0) is 4.41. The predicted molar refractivity (Wildman–Crippen MR) is 16.7 cm³/mol. The van der Waals surface area contributed by atoms with Gasteiger partial charge in [-0.15, -0.1) is 6.61 Å². The summed E-state index contributed by atoms with van der Waals surface area (Å²) in [5.74, 6) is 0. The predicted octanol–water partition coefficient (Wildman–Crippen LogP) is 0.315. The van der Waals surface area contributed by atoms with Crippen molar-refractivity contribution >= 4 is 6.16 Å². The number of rotatable bonds is 0. The molecule has 0 aromatic rings. The van der Waals surface area contributed by atoms with Gasteiger partial charge in [-0.1, -0.05) is 0 Å². The van der Waals surface area contributed by atoms with Crippen LogP contribution in [0.3, 0.4) is 0 Å². The second-order valence-electron chi connectivity index (χ2n) is 0.846. The number of carbonyl (C=O) groups is 1. The van der Waals surface area contributed by atoms with Crippen LogP contribution in [0.25, 0.3) is 0 Å². The van der Waals surface area contributed by atoms with Gasteiger partial charge in [0.15, 0.2) is 0 Å². The van der Waals surface area contributed by atoms with Crippen LogP contribution >= 0.6 is 0 Å². The Balaban J connectivity index is 0.000000360. The molecule has 0 aromatic heterocycles. The molecule has 0 unspecified atom stereocenters. The molecule has 0 amide bonds. The monoisotopic (exact) mass is 226 g/mol. The smallest absolute Gasteiger partial charge is 0.473 e. The fraction of sp³-hybridized carbons (Fsp3) is 0.333. The van der Waals surface area contributed by atoms with Gasteiger partial charge in [0.1, 0.15) is 0 Å². The molecule has 0 atom stereocenters. The first-order valence-corrected chi connectivity index (χ1v) is 1.54. The molecule has 1 aliphatic rings. The minimum atomic E-state index is -0.602. The van der Waals surface area contributed by atoms with Gasteiger partial charge in [0, 0.05) is 42.2 Å². The van der Waals surface area contributed by atoms with E-state index in [4.69, 9.17) is 0 Å². The number of cyclic esters (lactones) is 2. The van der Waals surface area contributed by atoms with Crippen LogP contribution in [0.15, 0.2) is 0 Å². The number of ether oxygens (including phenoxy) is 2. The standard InChI is InChI=1S/C3H3O3.La/c4-3-5-1-2-6-3;/h1H,2H2;/q-1;. The van der Waals surface area contributed by atoms with Crippen LogP contribution in [0, 0.1) is 42.2 Å². The van der Waals surface area contributed by atoms with Gasteiger partial charge < -0.3 is 9.47 Å². The molecule has 0 N–H and O–H groups in total. The van der Waals surface area contributed by atoms with Crippen molar-refractivity contribution in [3.8, 4) is 0 Å². The van der Waals surface area contributed by atoms with Crippen molar-refractivity contribution < 1.29 is 49.9 Å². The summed E-state index contributed by atoms with van der Waals surface area (Å²) in [6, 6.07) is 0. The topological polar surface area (TPSA) is 35.5 Å². The van der Waals surface area contributed by atoms with Gasteiger partial charge in [-0.25, -0.2) is 4.79 Å². The maximum absolute atomic E-state index is 9.77. The van der Waals surface area contributed by atoms with Crippen molar-refractivity contribution in [1.82, 2.24) is 0 Å². The molecule has 1 aliphatic heterocycles. The molecule has 0 saturated carbocycles. The summed E-state index contributed by atoms with van der Waals surface area (Å²) < 4.78 is 8.40. The third kappa shape index (κ3) is 2.31. The molecule has 1 radical (unpaired) electrons. The van der Waals surface area contributed by atoms with Crippen molar-refractivity contribution in [3.63, 3.8) is 0 Å². The molecule has 0 spiro atoms. The van der Waals surface area contributed by atoms with Crippen LogP contribution in [-0.4, -0.2) is 12.8 Å². The van der Waals surface area contributed by atoms with E-state index in [1.165, 1.54) is 6.61 Å². The van der Waals surface area contributed by atoms with E-state index >= 15 is 0 Å². The molecule has 0 bridgehead atoms. The van der Waals surface area contributed by atoms with Gasteiger partial charge in [0.2, 0.25) is 0 Å². The zero-order valence-electron chi connectivity index (χ0n) is 3.59. The summed E-state index contributed by atoms with van der Waals surface area (Å²) in [6.07, 6.45) is -0.602. The van der Waals surface area contributed by atoms with E-state index < -0.39 is 6.16 Å². The Morgan fingerprint density at radius 3 is 2.57 bits per heavy atom. The van der Waals surface area contributed by atoms with E-state index in [2.05, 4.69) is 9.47 Å². The Kier molecular flexibility index (Phi) is 3.69. The molecule has 37 valence electrons. The average Bonchev–Trinajstić information content (AvgIpc) is 1.86. The molecular weight excluding hydrogens is 223 g/mol. The normalized spacial score (nSPS) is 16.9. The third-order valence-corrected chi connectivity index (χ3v) is 0.449. The molecule has 1 rings (SSSR count). The maximum Gasteiger partial charge on any atom is 0.473 e. The molecule has 0 aromatic carbocycles. The van der Waals surface area contributed by atoms with Crippen molar-refractivity contribution in [2.75, 3.05) is 6.61 Å². The first-order valence-electron chi connectivity index (χ1n) is 1.54. The van der Waals surface area contributed by atoms with E-state index in [-0.39, 0.29) is 35.6 Å². The fourth-order valence-corrected chi connectivity index (χ4v) is 0.238. The van der Waals surface area contributed by atoms with Crippen LogP contribution in [0.4, 0.5) is 4.79 Å². The van der Waals surface area contributed by atoms with Gasteiger partial charge in [0.05, 0.1) is 0 Å². The number of carbonyl (C=O) groups excluding carboxylic acids is 1. The summed E-state index contributed by atoms with van der Waals surface area (Å²) in [6.45, 7) is 1.60. The summed E-state index contributed by atoms with van der Waals surface area (Å²) in [4.78, 5) is 9.77. The Bertz CT molecular complexity index is 64.6. The first-order chi connectivity index (χ1) is 2.89. The Morgan fingerprint density at radius 2 is 2.43 bits per heavy atom. The van der Waals surface area contributed by atoms with Gasteiger partial charge in [-0.05, 0) is 0 Å². The van der Waals surface area contributed by atoms with Gasteiger partial charge in [0.25, 0.3) is 0 Å². The van der Waals surface area contributed by atoms with Crippen LogP contribution in [0.5, 0.6) is 0 Å². The Morgan fingerprint density at radius 1 is 1.71 bits per heavy atom. The van der Waals surface area contributed by atoms with E-state index in [1.807, 2.05) is 0 Å². The number of hydrogen-bond donors (Lipinski definition) is 0. The van der Waals surface area contributed by atoms with Crippen molar-refractivity contribution in [3.05, 3.63) is 6.61 Å². The van der Waals surface area contributed by atoms with Crippen LogP contribution in [0.1, 0.15) is 0 Å². The van der Waals surface area contributed by atoms with Crippen LogP contribution in [-0.2, 0) is 9.47 Å². The largest absolute Gasteiger partial charge is 0.603 e. The molecule has 4 heteroatoms. The minimum absolute atomic E-state index is 0. The number of hydrogen-bond acceptors (Lipinski definition) is 3. The van der Waals surface area contributed by atoms with Crippen molar-refractivity contribution in [1.29, 1.82) is 0 Å². The summed E-state index contributed by atoms with van der Waals surface area (Å²) in [7, 11) is 0. The van der Waals surface area contributed by atoms with E-state index in [1.54, 1.807) is 0 Å². The second kappa shape index (κ2) is 3.46. The van der Waals surface area contributed by atoms with E-state index in [9.17, 15) is 4.79 Å². The Hall–Kier alpha value is 0.465. The van der Waals surface area contributed by atoms with E-state index in [0.29, 0.717) is 6.61 Å². The molecule has 7 heavy (non-hydrogen) atoms. The van der Waals surface area contributed by atoms with Crippen molar-refractivity contribution in [2.45, 2.75) is 0 Å². The molecular formula is C3H3LaO3-. The third-order valence-electron chi connectivity index (χ3n) is 0.449. The van der Waals surface area contributed by atoms with Gasteiger partial charge >= 0.3 is 6.16 Å². The minimum Gasteiger partial charge on any atom is -0.603 e.